The molecular formula is C17H22. The van der Waals surface area contributed by atoms with Gasteiger partial charge in [-0.1, -0.05) is 48.3 Å². The lowest BCUT2D eigenvalue weighted by atomic mass is 9.72. The van der Waals surface area contributed by atoms with Crippen LogP contribution in [0.4, 0.5) is 0 Å². The van der Waals surface area contributed by atoms with E-state index in [9.17, 15) is 0 Å². The molecule has 17 heavy (non-hydrogen) atoms. The standard InChI is InChI=1S/C17H22/c1-11-5-7-13-9-10-14-8-6-12(2)16(14)17(3,4)15(11)13/h5-6H,7-10H2,1-4H3. The molecule has 3 rings (SSSR count). The molecule has 3 aliphatic rings. The SMILES string of the molecule is CC1=CCC2=C1C(C)(C)C1=C(CC=C1C)CC2. The summed E-state index contributed by atoms with van der Waals surface area (Å²) in [5.41, 5.74) is 9.99. The van der Waals surface area contributed by atoms with E-state index in [2.05, 4.69) is 39.8 Å². The maximum atomic E-state index is 2.42. The average molecular weight is 226 g/mol. The molecule has 0 bridgehead atoms. The Labute approximate surface area is 105 Å². The predicted molar refractivity (Wildman–Crippen MR) is 73.8 cm³/mol. The van der Waals surface area contributed by atoms with Crippen LogP contribution in [0.2, 0.25) is 0 Å². The Kier molecular flexibility index (Phi) is 2.26. The molecule has 3 aliphatic carbocycles. The fraction of sp³-hybridized carbons (Fsp3) is 0.529. The van der Waals surface area contributed by atoms with Crippen LogP contribution >= 0.6 is 0 Å². The van der Waals surface area contributed by atoms with Crippen molar-refractivity contribution in [2.24, 2.45) is 5.41 Å². The average Bonchev–Trinajstić information content (AvgIpc) is 2.76. The second-order valence-electron chi connectivity index (χ2n) is 6.26. The van der Waals surface area contributed by atoms with Crippen molar-refractivity contribution in [1.29, 1.82) is 0 Å². The van der Waals surface area contributed by atoms with E-state index in [-0.39, 0.29) is 5.41 Å². The fourth-order valence-electron chi connectivity index (χ4n) is 4.27. The predicted octanol–water partition coefficient (Wildman–Crippen LogP) is 5.10. The van der Waals surface area contributed by atoms with Crippen molar-refractivity contribution in [3.8, 4) is 0 Å². The molecule has 0 aromatic rings. The minimum atomic E-state index is 0.231. The van der Waals surface area contributed by atoms with E-state index in [1.807, 2.05) is 0 Å². The molecule has 0 heteroatoms. The van der Waals surface area contributed by atoms with Crippen LogP contribution in [0.1, 0.15) is 53.4 Å². The van der Waals surface area contributed by atoms with E-state index >= 15 is 0 Å². The number of allylic oxidation sites excluding steroid dienone is 8. The minimum absolute atomic E-state index is 0.231. The molecule has 0 unspecified atom stereocenters. The zero-order valence-electron chi connectivity index (χ0n) is 11.5. The van der Waals surface area contributed by atoms with Gasteiger partial charge in [-0.15, -0.1) is 0 Å². The Balaban J connectivity index is 2.18. The molecule has 90 valence electrons. The van der Waals surface area contributed by atoms with Gasteiger partial charge in [-0.3, -0.25) is 0 Å². The van der Waals surface area contributed by atoms with Crippen molar-refractivity contribution in [3.63, 3.8) is 0 Å². The smallest absolute Gasteiger partial charge is 0.0150 e. The van der Waals surface area contributed by atoms with Crippen LogP contribution in [-0.4, -0.2) is 0 Å². The van der Waals surface area contributed by atoms with Gasteiger partial charge in [-0.2, -0.15) is 0 Å². The van der Waals surface area contributed by atoms with Crippen molar-refractivity contribution in [3.05, 3.63) is 45.6 Å². The van der Waals surface area contributed by atoms with Crippen molar-refractivity contribution in [2.45, 2.75) is 53.4 Å². The van der Waals surface area contributed by atoms with E-state index in [0.717, 1.165) is 0 Å². The second-order valence-corrected chi connectivity index (χ2v) is 6.26. The molecule has 0 radical (unpaired) electrons. The van der Waals surface area contributed by atoms with Gasteiger partial charge in [0.1, 0.15) is 0 Å². The Morgan fingerprint density at radius 2 is 1.24 bits per heavy atom. The molecule has 0 fully saturated rings. The third-order valence-electron chi connectivity index (χ3n) is 4.78. The van der Waals surface area contributed by atoms with Gasteiger partial charge in [0, 0.05) is 5.41 Å². The normalized spacial score (nSPS) is 26.6. The summed E-state index contributed by atoms with van der Waals surface area (Å²) in [4.78, 5) is 0. The summed E-state index contributed by atoms with van der Waals surface area (Å²) in [6, 6.07) is 0. The molecule has 0 aromatic heterocycles. The van der Waals surface area contributed by atoms with Crippen LogP contribution in [0.15, 0.2) is 45.6 Å². The zero-order chi connectivity index (χ0) is 12.2. The Morgan fingerprint density at radius 3 is 1.65 bits per heavy atom. The van der Waals surface area contributed by atoms with Crippen molar-refractivity contribution >= 4 is 0 Å². The first-order chi connectivity index (χ1) is 8.01. The van der Waals surface area contributed by atoms with Gasteiger partial charge in [0.25, 0.3) is 0 Å². The van der Waals surface area contributed by atoms with E-state index in [1.54, 1.807) is 22.3 Å². The third-order valence-corrected chi connectivity index (χ3v) is 4.78. The summed E-state index contributed by atoms with van der Waals surface area (Å²) in [7, 11) is 0. The summed E-state index contributed by atoms with van der Waals surface area (Å²) < 4.78 is 0. The number of hydrogen-bond donors (Lipinski definition) is 0. The Bertz CT molecular complexity index is 458. The van der Waals surface area contributed by atoms with E-state index in [0.29, 0.717) is 0 Å². The zero-order valence-corrected chi connectivity index (χ0v) is 11.5. The number of rotatable bonds is 0. The largest absolute Gasteiger partial charge is 0.0772 e. The highest BCUT2D eigenvalue weighted by atomic mass is 14.4. The summed E-state index contributed by atoms with van der Waals surface area (Å²) in [5, 5.41) is 0. The van der Waals surface area contributed by atoms with Gasteiger partial charge in [0.05, 0.1) is 0 Å². The lowest BCUT2D eigenvalue weighted by molar-refractivity contribution is 0.548. The summed E-state index contributed by atoms with van der Waals surface area (Å²) in [6.07, 6.45) is 9.82. The summed E-state index contributed by atoms with van der Waals surface area (Å²) in [6.45, 7) is 9.44. The molecule has 0 N–H and O–H groups in total. The van der Waals surface area contributed by atoms with Gasteiger partial charge in [-0.05, 0) is 50.7 Å². The van der Waals surface area contributed by atoms with Crippen molar-refractivity contribution < 1.29 is 0 Å². The molecule has 0 aromatic carbocycles. The van der Waals surface area contributed by atoms with Crippen LogP contribution in [-0.2, 0) is 0 Å². The maximum absolute atomic E-state index is 2.42. The van der Waals surface area contributed by atoms with Crippen LogP contribution < -0.4 is 0 Å². The molecule has 0 atom stereocenters. The van der Waals surface area contributed by atoms with Gasteiger partial charge in [0.15, 0.2) is 0 Å². The Morgan fingerprint density at radius 1 is 0.824 bits per heavy atom. The maximum Gasteiger partial charge on any atom is 0.0150 e. The molecule has 0 nitrogen and oxygen atoms in total. The van der Waals surface area contributed by atoms with Gasteiger partial charge in [-0.25, -0.2) is 0 Å². The molecule has 0 saturated heterocycles. The van der Waals surface area contributed by atoms with Gasteiger partial charge in [0.2, 0.25) is 0 Å². The molecular weight excluding hydrogens is 204 g/mol. The van der Waals surface area contributed by atoms with E-state index in [1.165, 1.54) is 36.8 Å². The molecule has 0 heterocycles. The molecule has 0 spiro atoms. The second kappa shape index (κ2) is 3.48. The summed E-state index contributed by atoms with van der Waals surface area (Å²) >= 11 is 0. The van der Waals surface area contributed by atoms with Gasteiger partial charge < -0.3 is 0 Å². The van der Waals surface area contributed by atoms with Crippen LogP contribution in [0, 0.1) is 5.41 Å². The highest BCUT2D eigenvalue weighted by molar-refractivity contribution is 5.58. The number of hydrogen-bond acceptors (Lipinski definition) is 0. The molecule has 0 saturated carbocycles. The first kappa shape index (κ1) is 11.1. The molecule has 0 aliphatic heterocycles. The lowest BCUT2D eigenvalue weighted by Gasteiger charge is -2.32. The van der Waals surface area contributed by atoms with Crippen LogP contribution in [0.25, 0.3) is 0 Å². The minimum Gasteiger partial charge on any atom is -0.0772 e. The lowest BCUT2D eigenvalue weighted by Crippen LogP contribution is -2.19. The van der Waals surface area contributed by atoms with Crippen molar-refractivity contribution in [2.75, 3.05) is 0 Å². The monoisotopic (exact) mass is 226 g/mol. The van der Waals surface area contributed by atoms with Gasteiger partial charge >= 0.3 is 0 Å². The van der Waals surface area contributed by atoms with Crippen LogP contribution in [0.3, 0.4) is 0 Å². The first-order valence-electron chi connectivity index (χ1n) is 6.81. The summed E-state index contributed by atoms with van der Waals surface area (Å²) in [5.74, 6) is 0. The third kappa shape index (κ3) is 1.43. The topological polar surface area (TPSA) is 0 Å². The quantitative estimate of drug-likeness (QED) is 0.539. The highest BCUT2D eigenvalue weighted by Gasteiger charge is 2.38. The van der Waals surface area contributed by atoms with Crippen molar-refractivity contribution in [1.82, 2.24) is 0 Å². The first-order valence-corrected chi connectivity index (χ1v) is 6.81. The van der Waals surface area contributed by atoms with E-state index < -0.39 is 0 Å². The molecule has 0 amide bonds. The van der Waals surface area contributed by atoms with E-state index in [4.69, 9.17) is 0 Å². The van der Waals surface area contributed by atoms with Crippen LogP contribution in [0.5, 0.6) is 0 Å². The highest BCUT2D eigenvalue weighted by Crippen LogP contribution is 2.53. The Hall–Kier alpha value is -1.04. The fourth-order valence-corrected chi connectivity index (χ4v) is 4.27.